The van der Waals surface area contributed by atoms with Crippen molar-refractivity contribution in [1.82, 2.24) is 9.88 Å². The van der Waals surface area contributed by atoms with Crippen molar-refractivity contribution >= 4 is 10.9 Å². The lowest BCUT2D eigenvalue weighted by molar-refractivity contribution is -0.136. The summed E-state index contributed by atoms with van der Waals surface area (Å²) in [6.07, 6.45) is -4.35. The van der Waals surface area contributed by atoms with E-state index in [2.05, 4.69) is 4.98 Å². The van der Waals surface area contributed by atoms with E-state index in [1.807, 2.05) is 29.2 Å². The van der Waals surface area contributed by atoms with Gasteiger partial charge in [0.2, 0.25) is 0 Å². The topological polar surface area (TPSA) is 28.3 Å². The predicted molar refractivity (Wildman–Crippen MR) is 104 cm³/mol. The van der Waals surface area contributed by atoms with Crippen LogP contribution in [0.4, 0.5) is 17.6 Å². The van der Waals surface area contributed by atoms with Crippen LogP contribution in [0.5, 0.6) is 5.75 Å². The molecule has 1 unspecified atom stereocenters. The summed E-state index contributed by atoms with van der Waals surface area (Å²) in [5, 5.41) is 1.08. The fourth-order valence-electron chi connectivity index (χ4n) is 4.22. The van der Waals surface area contributed by atoms with Crippen LogP contribution < -0.4 is 4.74 Å². The molecular formula is C22H22F4N2O. The number of rotatable bonds is 5. The van der Waals surface area contributed by atoms with Gasteiger partial charge >= 0.3 is 6.18 Å². The molecule has 0 radical (unpaired) electrons. The first-order valence-corrected chi connectivity index (χ1v) is 9.61. The Hall–Kier alpha value is -2.54. The Morgan fingerprint density at radius 3 is 2.69 bits per heavy atom. The number of hydrogen-bond acceptors (Lipinski definition) is 2. The molecule has 1 aliphatic heterocycles. The van der Waals surface area contributed by atoms with Gasteiger partial charge in [-0.25, -0.2) is 4.39 Å². The van der Waals surface area contributed by atoms with E-state index in [-0.39, 0.29) is 13.0 Å². The van der Waals surface area contributed by atoms with Crippen molar-refractivity contribution in [3.8, 4) is 5.75 Å². The van der Waals surface area contributed by atoms with E-state index < -0.39 is 24.5 Å². The summed E-state index contributed by atoms with van der Waals surface area (Å²) in [7, 11) is 1.47. The zero-order valence-corrected chi connectivity index (χ0v) is 16.0. The molecule has 0 fully saturated rings. The average Bonchev–Trinajstić information content (AvgIpc) is 3.06. The Morgan fingerprint density at radius 2 is 1.97 bits per heavy atom. The van der Waals surface area contributed by atoms with Crippen LogP contribution in [0, 0.1) is 5.82 Å². The monoisotopic (exact) mass is 406 g/mol. The second kappa shape index (κ2) is 7.71. The molecule has 0 saturated carbocycles. The molecule has 1 aromatic heterocycles. The average molecular weight is 406 g/mol. The second-order valence-electron chi connectivity index (χ2n) is 7.36. The summed E-state index contributed by atoms with van der Waals surface area (Å²) in [6.45, 7) is 0.813. The van der Waals surface area contributed by atoms with Crippen molar-refractivity contribution in [3.05, 3.63) is 65.1 Å². The van der Waals surface area contributed by atoms with E-state index in [1.165, 1.54) is 13.2 Å². The number of H-pyrrole nitrogens is 1. The molecule has 0 saturated heterocycles. The molecule has 154 valence electrons. The van der Waals surface area contributed by atoms with Gasteiger partial charge in [0, 0.05) is 41.2 Å². The summed E-state index contributed by atoms with van der Waals surface area (Å²) in [5.74, 6) is -0.0239. The molecule has 3 nitrogen and oxygen atoms in total. The fraction of sp³-hybridized carbons (Fsp3) is 0.364. The fourth-order valence-corrected chi connectivity index (χ4v) is 4.22. The van der Waals surface area contributed by atoms with Gasteiger partial charge in [-0.2, -0.15) is 13.2 Å². The molecule has 2 aromatic carbocycles. The van der Waals surface area contributed by atoms with Crippen LogP contribution in [0.15, 0.2) is 42.5 Å². The normalized spacial score (nSPS) is 17.5. The smallest absolute Gasteiger partial charge is 0.389 e. The molecule has 29 heavy (non-hydrogen) atoms. The van der Waals surface area contributed by atoms with Crippen molar-refractivity contribution in [2.24, 2.45) is 0 Å². The number of aromatic amines is 1. The highest BCUT2D eigenvalue weighted by molar-refractivity contribution is 5.85. The highest BCUT2D eigenvalue weighted by atomic mass is 19.4. The Labute approximate surface area is 166 Å². The van der Waals surface area contributed by atoms with Gasteiger partial charge in [-0.05, 0) is 37.1 Å². The second-order valence-corrected chi connectivity index (χ2v) is 7.36. The number of nitrogens with zero attached hydrogens (tertiary/aromatic N) is 1. The van der Waals surface area contributed by atoms with Gasteiger partial charge in [0.15, 0.2) is 0 Å². The minimum atomic E-state index is -4.19. The van der Waals surface area contributed by atoms with E-state index in [0.717, 1.165) is 22.2 Å². The molecule has 1 aliphatic rings. The van der Waals surface area contributed by atoms with Gasteiger partial charge in [-0.1, -0.05) is 24.3 Å². The third-order valence-corrected chi connectivity index (χ3v) is 5.54. The Balaban J connectivity index is 1.75. The summed E-state index contributed by atoms with van der Waals surface area (Å²) in [6, 6.07) is 12.1. The maximum Gasteiger partial charge on any atom is 0.389 e. The molecule has 0 spiro atoms. The number of fused-ring (bicyclic) bond motifs is 3. The number of alkyl halides is 3. The number of nitrogens with one attached hydrogen (secondary N) is 1. The van der Waals surface area contributed by atoms with E-state index in [1.54, 1.807) is 12.1 Å². The first kappa shape index (κ1) is 19.8. The van der Waals surface area contributed by atoms with Crippen LogP contribution in [0.25, 0.3) is 10.9 Å². The maximum atomic E-state index is 15.0. The largest absolute Gasteiger partial charge is 0.497 e. The van der Waals surface area contributed by atoms with Gasteiger partial charge in [0.1, 0.15) is 11.6 Å². The Morgan fingerprint density at radius 1 is 1.17 bits per heavy atom. The zero-order valence-electron chi connectivity index (χ0n) is 16.0. The van der Waals surface area contributed by atoms with Crippen LogP contribution in [-0.2, 0) is 6.42 Å². The molecule has 0 aliphatic carbocycles. The van der Waals surface area contributed by atoms with Gasteiger partial charge in [0.05, 0.1) is 13.2 Å². The molecule has 4 rings (SSSR count). The molecule has 1 N–H and O–H groups in total. The quantitative estimate of drug-likeness (QED) is 0.558. The summed E-state index contributed by atoms with van der Waals surface area (Å²) in [5.41, 5.74) is 3.35. The number of ether oxygens (including phenoxy) is 1. The highest BCUT2D eigenvalue weighted by Crippen LogP contribution is 2.40. The number of para-hydroxylation sites is 1. The molecule has 0 bridgehead atoms. The van der Waals surface area contributed by atoms with E-state index in [9.17, 15) is 17.6 Å². The van der Waals surface area contributed by atoms with Crippen LogP contribution in [0.3, 0.4) is 0 Å². The number of benzene rings is 2. The van der Waals surface area contributed by atoms with Crippen LogP contribution in [0.1, 0.15) is 35.7 Å². The number of hydrogen-bond donors (Lipinski definition) is 1. The summed E-state index contributed by atoms with van der Waals surface area (Å²) < 4.78 is 58.0. The lowest BCUT2D eigenvalue weighted by Gasteiger charge is -2.36. The number of halogens is 4. The Kier molecular flexibility index (Phi) is 5.25. The van der Waals surface area contributed by atoms with Gasteiger partial charge in [-0.3, -0.25) is 4.90 Å². The molecule has 2 heterocycles. The molecule has 0 amide bonds. The lowest BCUT2D eigenvalue weighted by Crippen LogP contribution is -2.37. The standard InChI is InChI=1S/C22H22F4N2O/c1-29-14-7-8-17(18(23)13-14)21-20-16(15-5-2-3-6-19(15)27-20)9-12-28(21)11-4-10-22(24,25)26/h2-3,5-8,13,21,27H,4,9-12H2,1H3. The minimum Gasteiger partial charge on any atom is -0.497 e. The Bertz CT molecular complexity index is 1010. The number of methoxy groups -OCH3 is 1. The number of aromatic nitrogens is 1. The first-order valence-electron chi connectivity index (χ1n) is 9.61. The molecular weight excluding hydrogens is 384 g/mol. The van der Waals surface area contributed by atoms with Crippen molar-refractivity contribution in [2.75, 3.05) is 20.2 Å². The predicted octanol–water partition coefficient (Wildman–Crippen LogP) is 5.61. The lowest BCUT2D eigenvalue weighted by atomic mass is 9.91. The molecule has 3 aromatic rings. The third-order valence-electron chi connectivity index (χ3n) is 5.54. The highest BCUT2D eigenvalue weighted by Gasteiger charge is 2.34. The van der Waals surface area contributed by atoms with Crippen molar-refractivity contribution in [1.29, 1.82) is 0 Å². The minimum absolute atomic E-state index is 0.0205. The van der Waals surface area contributed by atoms with Crippen molar-refractivity contribution < 1.29 is 22.3 Å². The van der Waals surface area contributed by atoms with Crippen molar-refractivity contribution in [3.63, 3.8) is 0 Å². The zero-order chi connectivity index (χ0) is 20.6. The van der Waals surface area contributed by atoms with Crippen LogP contribution in [0.2, 0.25) is 0 Å². The summed E-state index contributed by atoms with van der Waals surface area (Å²) >= 11 is 0. The molecule has 1 atom stereocenters. The molecule has 7 heteroatoms. The van der Waals surface area contributed by atoms with Gasteiger partial charge in [0.25, 0.3) is 0 Å². The van der Waals surface area contributed by atoms with Gasteiger partial charge < -0.3 is 9.72 Å². The van der Waals surface area contributed by atoms with E-state index in [0.29, 0.717) is 24.3 Å². The van der Waals surface area contributed by atoms with Crippen molar-refractivity contribution in [2.45, 2.75) is 31.5 Å². The summed E-state index contributed by atoms with van der Waals surface area (Å²) in [4.78, 5) is 5.33. The maximum absolute atomic E-state index is 15.0. The SMILES string of the molecule is COc1ccc(C2c3[nH]c4ccccc4c3CCN2CCCC(F)(F)F)c(F)c1. The van der Waals surface area contributed by atoms with E-state index >= 15 is 0 Å². The third kappa shape index (κ3) is 3.96. The van der Waals surface area contributed by atoms with Gasteiger partial charge in [-0.15, -0.1) is 0 Å². The van der Waals surface area contributed by atoms with E-state index in [4.69, 9.17) is 4.74 Å². The van der Waals surface area contributed by atoms with Crippen LogP contribution in [-0.4, -0.2) is 36.3 Å². The van der Waals surface area contributed by atoms with Crippen LogP contribution >= 0.6 is 0 Å². The first-order chi connectivity index (χ1) is 13.9.